The molecule has 1 aromatic carbocycles. The topological polar surface area (TPSA) is 67.1 Å². The zero-order chi connectivity index (χ0) is 18.8. The van der Waals surface area contributed by atoms with Crippen LogP contribution in [-0.4, -0.2) is 44.1 Å². The van der Waals surface area contributed by atoms with E-state index in [2.05, 4.69) is 15.2 Å². The van der Waals surface area contributed by atoms with E-state index in [1.165, 1.54) is 0 Å². The minimum Gasteiger partial charge on any atom is -0.507 e. The van der Waals surface area contributed by atoms with Crippen molar-refractivity contribution in [3.05, 3.63) is 49.1 Å². The van der Waals surface area contributed by atoms with E-state index in [0.717, 1.165) is 24.9 Å². The molecule has 0 amide bonds. The molecule has 2 aromatic heterocycles. The average molecular weight is 367 g/mol. The molecule has 6 nitrogen and oxygen atoms in total. The lowest BCUT2D eigenvalue weighted by Crippen LogP contribution is -2.41. The lowest BCUT2D eigenvalue weighted by molar-refractivity contribution is 0.213. The van der Waals surface area contributed by atoms with Gasteiger partial charge in [0.05, 0.1) is 23.8 Å². The van der Waals surface area contributed by atoms with Crippen LogP contribution in [0.1, 0.15) is 25.7 Å². The van der Waals surface area contributed by atoms with E-state index in [1.807, 2.05) is 34.8 Å². The van der Waals surface area contributed by atoms with Crippen LogP contribution in [-0.2, 0) is 0 Å². The van der Waals surface area contributed by atoms with Crippen molar-refractivity contribution in [2.24, 2.45) is 0 Å². The Morgan fingerprint density at radius 3 is 2.67 bits per heavy atom. The van der Waals surface area contributed by atoms with E-state index in [0.29, 0.717) is 23.5 Å². The Bertz CT molecular complexity index is 897. The highest BCUT2D eigenvalue weighted by molar-refractivity contribution is 5.69. The fourth-order valence-corrected chi connectivity index (χ4v) is 3.64. The standard InChI is InChI=1S/C20H22FN5O/c1-25(18-5-3-2-4-16(18)21)20-9-8-17(23-24-20)15-7-6-14(12-19(15)27)26-11-10-22-13-26/h6-13,16,18,27H,2-5H2,1H3/t16-,18+/m0/s1. The van der Waals surface area contributed by atoms with Crippen LogP contribution in [0.2, 0.25) is 0 Å². The van der Waals surface area contributed by atoms with E-state index in [4.69, 9.17) is 0 Å². The van der Waals surface area contributed by atoms with Crippen molar-refractivity contribution in [3.8, 4) is 22.7 Å². The van der Waals surface area contributed by atoms with Gasteiger partial charge in [0, 0.05) is 31.1 Å². The molecule has 1 aliphatic carbocycles. The predicted octanol–water partition coefficient (Wildman–Crippen LogP) is 3.75. The van der Waals surface area contributed by atoms with Crippen LogP contribution >= 0.6 is 0 Å². The first-order chi connectivity index (χ1) is 13.1. The van der Waals surface area contributed by atoms with Crippen LogP contribution in [0, 0.1) is 0 Å². The Labute approximate surface area is 157 Å². The van der Waals surface area contributed by atoms with Crippen molar-refractivity contribution in [2.75, 3.05) is 11.9 Å². The summed E-state index contributed by atoms with van der Waals surface area (Å²) in [5.41, 5.74) is 1.98. The lowest BCUT2D eigenvalue weighted by Gasteiger charge is -2.34. The Morgan fingerprint density at radius 1 is 1.15 bits per heavy atom. The Kier molecular flexibility index (Phi) is 4.75. The van der Waals surface area contributed by atoms with E-state index >= 15 is 0 Å². The quantitative estimate of drug-likeness (QED) is 0.761. The van der Waals surface area contributed by atoms with Crippen LogP contribution in [0.3, 0.4) is 0 Å². The molecule has 1 aliphatic rings. The lowest BCUT2D eigenvalue weighted by atomic mass is 9.92. The maximum Gasteiger partial charge on any atom is 0.151 e. The third-order valence-corrected chi connectivity index (χ3v) is 5.22. The van der Waals surface area contributed by atoms with Gasteiger partial charge in [-0.2, -0.15) is 0 Å². The number of aromatic nitrogens is 4. The van der Waals surface area contributed by atoms with Crippen LogP contribution < -0.4 is 4.90 Å². The van der Waals surface area contributed by atoms with Crippen molar-refractivity contribution in [1.82, 2.24) is 19.7 Å². The summed E-state index contributed by atoms with van der Waals surface area (Å²) >= 11 is 0. The first-order valence-corrected chi connectivity index (χ1v) is 9.16. The molecule has 0 saturated heterocycles. The van der Waals surface area contributed by atoms with E-state index in [9.17, 15) is 9.50 Å². The SMILES string of the molecule is CN(c1ccc(-c2ccc(-n3ccnc3)cc2O)nn1)[C@@H]1CCCC[C@@H]1F. The number of phenolic OH excluding ortho intramolecular Hbond substituents is 1. The summed E-state index contributed by atoms with van der Waals surface area (Å²) in [6.45, 7) is 0. The van der Waals surface area contributed by atoms with Gasteiger partial charge in [0.15, 0.2) is 5.82 Å². The number of hydrogen-bond donors (Lipinski definition) is 1. The molecule has 0 bridgehead atoms. The summed E-state index contributed by atoms with van der Waals surface area (Å²) in [6, 6.07) is 8.83. The third-order valence-electron chi connectivity index (χ3n) is 5.22. The molecular formula is C20H22FN5O. The molecule has 0 unspecified atom stereocenters. The minimum absolute atomic E-state index is 0.118. The van der Waals surface area contributed by atoms with Gasteiger partial charge in [-0.3, -0.25) is 0 Å². The van der Waals surface area contributed by atoms with Crippen LogP contribution in [0.4, 0.5) is 10.2 Å². The molecule has 0 aliphatic heterocycles. The Hall–Kier alpha value is -2.96. The Morgan fingerprint density at radius 2 is 2.00 bits per heavy atom. The highest BCUT2D eigenvalue weighted by Gasteiger charge is 2.29. The third kappa shape index (κ3) is 3.49. The van der Waals surface area contributed by atoms with Gasteiger partial charge in [-0.25, -0.2) is 9.37 Å². The highest BCUT2D eigenvalue weighted by atomic mass is 19.1. The van der Waals surface area contributed by atoms with Gasteiger partial charge in [0.1, 0.15) is 11.9 Å². The molecule has 27 heavy (non-hydrogen) atoms. The maximum absolute atomic E-state index is 14.2. The maximum atomic E-state index is 14.2. The number of nitrogens with zero attached hydrogens (tertiary/aromatic N) is 5. The molecule has 4 rings (SSSR count). The highest BCUT2D eigenvalue weighted by Crippen LogP contribution is 2.31. The van der Waals surface area contributed by atoms with E-state index in [-0.39, 0.29) is 11.8 Å². The second kappa shape index (κ2) is 7.34. The molecule has 140 valence electrons. The van der Waals surface area contributed by atoms with Gasteiger partial charge >= 0.3 is 0 Å². The first-order valence-electron chi connectivity index (χ1n) is 9.16. The van der Waals surface area contributed by atoms with Crippen molar-refractivity contribution in [2.45, 2.75) is 37.9 Å². The van der Waals surface area contributed by atoms with Crippen molar-refractivity contribution in [1.29, 1.82) is 0 Å². The molecule has 1 N–H and O–H groups in total. The van der Waals surface area contributed by atoms with Crippen molar-refractivity contribution < 1.29 is 9.50 Å². The largest absolute Gasteiger partial charge is 0.507 e. The smallest absolute Gasteiger partial charge is 0.151 e. The number of alkyl halides is 1. The monoisotopic (exact) mass is 367 g/mol. The summed E-state index contributed by atoms with van der Waals surface area (Å²) in [5.74, 6) is 0.760. The van der Waals surface area contributed by atoms with Crippen LogP contribution in [0.25, 0.3) is 16.9 Å². The second-order valence-corrected chi connectivity index (χ2v) is 6.93. The number of phenols is 1. The van der Waals surface area contributed by atoms with Gasteiger partial charge in [-0.05, 0) is 37.1 Å². The molecule has 2 heterocycles. The minimum atomic E-state index is -0.829. The second-order valence-electron chi connectivity index (χ2n) is 6.93. The molecule has 7 heteroatoms. The number of halogens is 1. The summed E-state index contributed by atoms with van der Waals surface area (Å²) in [6.07, 6.45) is 7.76. The molecular weight excluding hydrogens is 345 g/mol. The summed E-state index contributed by atoms with van der Waals surface area (Å²) in [5, 5.41) is 18.9. The van der Waals surface area contributed by atoms with E-state index < -0.39 is 6.17 Å². The molecule has 0 spiro atoms. The van der Waals surface area contributed by atoms with Crippen molar-refractivity contribution in [3.63, 3.8) is 0 Å². The summed E-state index contributed by atoms with van der Waals surface area (Å²) in [7, 11) is 1.86. The summed E-state index contributed by atoms with van der Waals surface area (Å²) in [4.78, 5) is 5.88. The molecule has 1 saturated carbocycles. The molecule has 3 aromatic rings. The normalized spacial score (nSPS) is 19.8. The van der Waals surface area contributed by atoms with Crippen molar-refractivity contribution >= 4 is 5.82 Å². The Balaban J connectivity index is 1.55. The first kappa shape index (κ1) is 17.5. The number of aromatic hydroxyl groups is 1. The van der Waals surface area contributed by atoms with Gasteiger partial charge in [0.25, 0.3) is 0 Å². The number of benzene rings is 1. The zero-order valence-corrected chi connectivity index (χ0v) is 15.2. The van der Waals surface area contributed by atoms with Gasteiger partial charge in [-0.1, -0.05) is 12.8 Å². The van der Waals surface area contributed by atoms with Gasteiger partial charge in [-0.15, -0.1) is 10.2 Å². The van der Waals surface area contributed by atoms with Gasteiger partial charge in [0.2, 0.25) is 0 Å². The van der Waals surface area contributed by atoms with Crippen LogP contribution in [0.5, 0.6) is 5.75 Å². The molecule has 0 radical (unpaired) electrons. The summed E-state index contributed by atoms with van der Waals surface area (Å²) < 4.78 is 16.0. The zero-order valence-electron chi connectivity index (χ0n) is 15.2. The fourth-order valence-electron chi connectivity index (χ4n) is 3.64. The number of imidazole rings is 1. The number of hydrogen-bond acceptors (Lipinski definition) is 5. The fraction of sp³-hybridized carbons (Fsp3) is 0.350. The molecule has 1 fully saturated rings. The average Bonchev–Trinajstić information content (AvgIpc) is 3.23. The molecule has 2 atom stereocenters. The number of anilines is 1. The predicted molar refractivity (Wildman–Crippen MR) is 102 cm³/mol. The van der Waals surface area contributed by atoms with Crippen LogP contribution in [0.15, 0.2) is 49.1 Å². The van der Waals surface area contributed by atoms with E-state index in [1.54, 1.807) is 30.7 Å². The van der Waals surface area contributed by atoms with Gasteiger partial charge < -0.3 is 14.6 Å². The number of rotatable bonds is 4.